The molecule has 3 aromatic heterocycles. The topological polar surface area (TPSA) is 54.5 Å². The van der Waals surface area contributed by atoms with Crippen molar-refractivity contribution in [1.82, 2.24) is 19.9 Å². The molecule has 1 N–H and O–H groups in total. The molecule has 5 heteroatoms. The maximum Gasteiger partial charge on any atom is 0.140 e. The minimum atomic E-state index is 0.682. The third-order valence-electron chi connectivity index (χ3n) is 3.44. The van der Waals surface area contributed by atoms with Crippen LogP contribution in [0.1, 0.15) is 0 Å². The van der Waals surface area contributed by atoms with Crippen molar-refractivity contribution in [1.29, 1.82) is 0 Å². The molecular weight excluding hydrogens is 296 g/mol. The molecule has 0 bridgehead atoms. The largest absolute Gasteiger partial charge is 0.338 e. The van der Waals surface area contributed by atoms with Gasteiger partial charge in [0.05, 0.1) is 16.7 Å². The molecule has 106 valence electrons. The fraction of sp³-hybridized carbons (Fsp3) is 0. The van der Waals surface area contributed by atoms with Crippen LogP contribution in [0.25, 0.3) is 33.7 Å². The summed E-state index contributed by atoms with van der Waals surface area (Å²) in [6.45, 7) is 0. The summed E-state index contributed by atoms with van der Waals surface area (Å²) < 4.78 is 0. The number of imidazole rings is 1. The van der Waals surface area contributed by atoms with Gasteiger partial charge < -0.3 is 4.98 Å². The Morgan fingerprint density at radius 2 is 1.91 bits per heavy atom. The Bertz CT molecular complexity index is 947. The van der Waals surface area contributed by atoms with Gasteiger partial charge in [-0.25, -0.2) is 4.98 Å². The van der Waals surface area contributed by atoms with E-state index >= 15 is 0 Å². The predicted octanol–water partition coefficient (Wildman–Crippen LogP) is 4.34. The van der Waals surface area contributed by atoms with E-state index < -0.39 is 0 Å². The molecule has 0 atom stereocenters. The van der Waals surface area contributed by atoms with Crippen LogP contribution >= 0.6 is 11.6 Å². The van der Waals surface area contributed by atoms with E-state index in [2.05, 4.69) is 19.9 Å². The normalized spacial score (nSPS) is 11.0. The van der Waals surface area contributed by atoms with Crippen molar-refractivity contribution in [2.45, 2.75) is 0 Å². The summed E-state index contributed by atoms with van der Waals surface area (Å²) in [4.78, 5) is 16.6. The lowest BCUT2D eigenvalue weighted by Crippen LogP contribution is -1.90. The van der Waals surface area contributed by atoms with Gasteiger partial charge in [-0.15, -0.1) is 0 Å². The zero-order valence-corrected chi connectivity index (χ0v) is 12.2. The SMILES string of the molecule is Clc1ccc2nc(-c3cccnc3-c3cccnc3)[nH]c2c1. The van der Waals surface area contributed by atoms with Crippen LogP contribution in [0.4, 0.5) is 0 Å². The van der Waals surface area contributed by atoms with Crippen molar-refractivity contribution < 1.29 is 0 Å². The number of hydrogen-bond acceptors (Lipinski definition) is 3. The summed E-state index contributed by atoms with van der Waals surface area (Å²) >= 11 is 6.03. The molecule has 0 radical (unpaired) electrons. The number of hydrogen-bond donors (Lipinski definition) is 1. The van der Waals surface area contributed by atoms with Gasteiger partial charge in [-0.3, -0.25) is 9.97 Å². The molecule has 0 unspecified atom stereocenters. The molecule has 4 aromatic rings. The molecule has 4 rings (SSSR count). The molecule has 1 aromatic carbocycles. The second-order valence-electron chi connectivity index (χ2n) is 4.89. The fourth-order valence-electron chi connectivity index (χ4n) is 2.44. The molecule has 0 fully saturated rings. The minimum Gasteiger partial charge on any atom is -0.338 e. The van der Waals surface area contributed by atoms with Crippen LogP contribution in [0.3, 0.4) is 0 Å². The maximum absolute atomic E-state index is 6.03. The summed E-state index contributed by atoms with van der Waals surface area (Å²) in [7, 11) is 0. The van der Waals surface area contributed by atoms with Gasteiger partial charge in [-0.1, -0.05) is 11.6 Å². The van der Waals surface area contributed by atoms with E-state index in [0.717, 1.165) is 33.7 Å². The molecule has 0 saturated heterocycles. The van der Waals surface area contributed by atoms with Gasteiger partial charge in [0, 0.05) is 34.7 Å². The Kier molecular flexibility index (Phi) is 3.09. The number of H-pyrrole nitrogens is 1. The molecule has 4 nitrogen and oxygen atoms in total. The number of fused-ring (bicyclic) bond motifs is 1. The van der Waals surface area contributed by atoms with Crippen LogP contribution in [0.2, 0.25) is 5.02 Å². The lowest BCUT2D eigenvalue weighted by Gasteiger charge is -2.05. The van der Waals surface area contributed by atoms with Gasteiger partial charge in [-0.2, -0.15) is 0 Å². The Labute approximate surface area is 131 Å². The first-order chi connectivity index (χ1) is 10.8. The van der Waals surface area contributed by atoms with Crippen LogP contribution in [-0.4, -0.2) is 19.9 Å². The summed E-state index contributed by atoms with van der Waals surface area (Å²) in [5, 5.41) is 0.682. The monoisotopic (exact) mass is 306 g/mol. The third-order valence-corrected chi connectivity index (χ3v) is 3.68. The highest BCUT2D eigenvalue weighted by atomic mass is 35.5. The van der Waals surface area contributed by atoms with E-state index in [-0.39, 0.29) is 0 Å². The van der Waals surface area contributed by atoms with Crippen molar-refractivity contribution >= 4 is 22.6 Å². The van der Waals surface area contributed by atoms with E-state index in [9.17, 15) is 0 Å². The van der Waals surface area contributed by atoms with E-state index in [0.29, 0.717) is 5.02 Å². The average Bonchev–Trinajstić information content (AvgIpc) is 2.98. The molecule has 0 saturated carbocycles. The lowest BCUT2D eigenvalue weighted by atomic mass is 10.1. The second kappa shape index (κ2) is 5.24. The van der Waals surface area contributed by atoms with Gasteiger partial charge in [0.2, 0.25) is 0 Å². The number of aromatic nitrogens is 4. The molecule has 0 aliphatic carbocycles. The van der Waals surface area contributed by atoms with Gasteiger partial charge in [0.25, 0.3) is 0 Å². The molecule has 0 aliphatic rings. The Morgan fingerprint density at radius 3 is 2.77 bits per heavy atom. The van der Waals surface area contributed by atoms with Crippen molar-refractivity contribution in [2.75, 3.05) is 0 Å². The first-order valence-corrected chi connectivity index (χ1v) is 7.20. The van der Waals surface area contributed by atoms with E-state index in [1.165, 1.54) is 0 Å². The molecule has 0 spiro atoms. The lowest BCUT2D eigenvalue weighted by molar-refractivity contribution is 1.25. The zero-order chi connectivity index (χ0) is 14.9. The highest BCUT2D eigenvalue weighted by Gasteiger charge is 2.12. The van der Waals surface area contributed by atoms with Gasteiger partial charge in [0.15, 0.2) is 0 Å². The molecule has 0 amide bonds. The summed E-state index contributed by atoms with van der Waals surface area (Å²) in [5.41, 5.74) is 4.52. The van der Waals surface area contributed by atoms with Crippen molar-refractivity contribution in [3.8, 4) is 22.6 Å². The molecule has 22 heavy (non-hydrogen) atoms. The Morgan fingerprint density at radius 1 is 1.00 bits per heavy atom. The number of benzene rings is 1. The number of rotatable bonds is 2. The van der Waals surface area contributed by atoms with E-state index in [1.54, 1.807) is 18.6 Å². The minimum absolute atomic E-state index is 0.682. The highest BCUT2D eigenvalue weighted by molar-refractivity contribution is 6.31. The molecule has 3 heterocycles. The standard InChI is InChI=1S/C17H11ClN4/c18-12-5-6-14-15(9-12)22-17(21-14)13-4-2-8-20-16(13)11-3-1-7-19-10-11/h1-10H,(H,21,22). The third kappa shape index (κ3) is 2.23. The number of nitrogens with one attached hydrogen (secondary N) is 1. The number of aromatic amines is 1. The van der Waals surface area contributed by atoms with E-state index in [1.807, 2.05) is 42.5 Å². The van der Waals surface area contributed by atoms with Crippen molar-refractivity contribution in [2.24, 2.45) is 0 Å². The number of halogens is 1. The first kappa shape index (κ1) is 13.0. The fourth-order valence-corrected chi connectivity index (χ4v) is 2.61. The summed E-state index contributed by atoms with van der Waals surface area (Å²) in [5.74, 6) is 0.768. The van der Waals surface area contributed by atoms with E-state index in [4.69, 9.17) is 11.6 Å². The summed E-state index contributed by atoms with van der Waals surface area (Å²) in [6, 6.07) is 13.4. The molecular formula is C17H11ClN4. The molecule has 0 aliphatic heterocycles. The average molecular weight is 307 g/mol. The van der Waals surface area contributed by atoms with Crippen LogP contribution in [0.5, 0.6) is 0 Å². The highest BCUT2D eigenvalue weighted by Crippen LogP contribution is 2.29. The van der Waals surface area contributed by atoms with Gasteiger partial charge in [-0.05, 0) is 42.5 Å². The smallest absolute Gasteiger partial charge is 0.140 e. The van der Waals surface area contributed by atoms with Crippen LogP contribution in [0.15, 0.2) is 61.1 Å². The summed E-state index contributed by atoms with van der Waals surface area (Å²) in [6.07, 6.45) is 5.31. The van der Waals surface area contributed by atoms with Crippen molar-refractivity contribution in [3.05, 3.63) is 66.1 Å². The van der Waals surface area contributed by atoms with Crippen LogP contribution < -0.4 is 0 Å². The number of nitrogens with zero attached hydrogens (tertiary/aromatic N) is 3. The van der Waals surface area contributed by atoms with Gasteiger partial charge >= 0.3 is 0 Å². The second-order valence-corrected chi connectivity index (χ2v) is 5.32. The predicted molar refractivity (Wildman–Crippen MR) is 87.6 cm³/mol. The van der Waals surface area contributed by atoms with Crippen LogP contribution in [0, 0.1) is 0 Å². The Hall–Kier alpha value is -2.72. The maximum atomic E-state index is 6.03. The number of pyridine rings is 2. The quantitative estimate of drug-likeness (QED) is 0.599. The van der Waals surface area contributed by atoms with Crippen LogP contribution in [-0.2, 0) is 0 Å². The zero-order valence-electron chi connectivity index (χ0n) is 11.5. The Balaban J connectivity index is 1.92. The van der Waals surface area contributed by atoms with Crippen molar-refractivity contribution in [3.63, 3.8) is 0 Å². The van der Waals surface area contributed by atoms with Gasteiger partial charge in [0.1, 0.15) is 5.82 Å². The first-order valence-electron chi connectivity index (χ1n) is 6.82.